The van der Waals surface area contributed by atoms with Gasteiger partial charge >= 0.3 is 0 Å². The van der Waals surface area contributed by atoms with Gasteiger partial charge in [0.05, 0.1) is 23.2 Å². The molecule has 32 heavy (non-hydrogen) atoms. The standard InChI is InChI=1S/C21H18N4O6S/c1-32(29,30)23-16-9-7-14(8-10-16)18-13-19(20-6-3-11-31-20)24(22-18)21(26)15-4-2-5-17(12-15)25(27)28/h2-12,19,23H,13H2,1H3. The van der Waals surface area contributed by atoms with E-state index in [4.69, 9.17) is 4.42 Å². The van der Waals surface area contributed by atoms with Gasteiger partial charge < -0.3 is 4.42 Å². The fraction of sp³-hybridized carbons (Fsp3) is 0.143. The summed E-state index contributed by atoms with van der Waals surface area (Å²) < 4.78 is 30.7. The summed E-state index contributed by atoms with van der Waals surface area (Å²) in [4.78, 5) is 23.7. The number of nitro benzene ring substituents is 1. The quantitative estimate of drug-likeness (QED) is 0.447. The number of nitrogens with one attached hydrogen (secondary N) is 1. The van der Waals surface area contributed by atoms with Crippen LogP contribution in [0.5, 0.6) is 0 Å². The average molecular weight is 454 g/mol. The summed E-state index contributed by atoms with van der Waals surface area (Å²) in [5, 5.41) is 16.8. The van der Waals surface area contributed by atoms with Crippen molar-refractivity contribution in [3.8, 4) is 0 Å². The van der Waals surface area contributed by atoms with Gasteiger partial charge in [-0.3, -0.25) is 19.6 Å². The minimum atomic E-state index is -3.40. The molecule has 1 amide bonds. The molecule has 4 rings (SSSR count). The number of hydrazone groups is 1. The van der Waals surface area contributed by atoms with Gasteiger partial charge in [0, 0.05) is 29.8 Å². The molecule has 0 radical (unpaired) electrons. The fourth-order valence-electron chi connectivity index (χ4n) is 3.40. The summed E-state index contributed by atoms with van der Waals surface area (Å²) in [6, 6.07) is 15.0. The highest BCUT2D eigenvalue weighted by Gasteiger charge is 2.35. The number of rotatable bonds is 6. The molecule has 0 aliphatic carbocycles. The molecule has 1 N–H and O–H groups in total. The van der Waals surface area contributed by atoms with Crippen LogP contribution in [0.1, 0.15) is 34.1 Å². The molecule has 1 aromatic heterocycles. The van der Waals surface area contributed by atoms with Gasteiger partial charge in [0.25, 0.3) is 11.6 Å². The van der Waals surface area contributed by atoms with Crippen LogP contribution in [0, 0.1) is 10.1 Å². The third kappa shape index (κ3) is 4.52. The number of non-ortho nitro benzene ring substituents is 1. The topological polar surface area (TPSA) is 135 Å². The highest BCUT2D eigenvalue weighted by Crippen LogP contribution is 2.34. The number of benzene rings is 2. The summed E-state index contributed by atoms with van der Waals surface area (Å²) in [6.45, 7) is 0. The highest BCUT2D eigenvalue weighted by molar-refractivity contribution is 7.92. The van der Waals surface area contributed by atoms with Gasteiger partial charge in [0.2, 0.25) is 10.0 Å². The smallest absolute Gasteiger partial charge is 0.274 e. The molecule has 10 nitrogen and oxygen atoms in total. The molecule has 0 saturated heterocycles. The van der Waals surface area contributed by atoms with Crippen LogP contribution >= 0.6 is 0 Å². The molecule has 0 saturated carbocycles. The maximum atomic E-state index is 13.2. The number of carbonyl (C=O) groups excluding carboxylic acids is 1. The first kappa shape index (κ1) is 21.2. The van der Waals surface area contributed by atoms with E-state index in [2.05, 4.69) is 9.82 Å². The van der Waals surface area contributed by atoms with Crippen LogP contribution in [0.3, 0.4) is 0 Å². The maximum Gasteiger partial charge on any atom is 0.274 e. The van der Waals surface area contributed by atoms with Gasteiger partial charge in [0.1, 0.15) is 11.8 Å². The SMILES string of the molecule is CS(=O)(=O)Nc1ccc(C2=NN(C(=O)c3cccc([N+](=O)[O-])c3)C(c3ccco3)C2)cc1. The number of nitro groups is 1. The van der Waals surface area contributed by atoms with Gasteiger partial charge in [-0.25, -0.2) is 13.4 Å². The Morgan fingerprint density at radius 2 is 1.94 bits per heavy atom. The molecule has 1 aliphatic rings. The maximum absolute atomic E-state index is 13.2. The van der Waals surface area contributed by atoms with Crippen molar-refractivity contribution in [1.29, 1.82) is 0 Å². The van der Waals surface area contributed by atoms with Gasteiger partial charge in [0.15, 0.2) is 0 Å². The number of amides is 1. The van der Waals surface area contributed by atoms with Crippen LogP contribution in [-0.2, 0) is 10.0 Å². The number of anilines is 1. The zero-order chi connectivity index (χ0) is 22.9. The van der Waals surface area contributed by atoms with Gasteiger partial charge in [-0.2, -0.15) is 5.10 Å². The molecule has 0 fully saturated rings. The molecular formula is C21H18N4O6S. The van der Waals surface area contributed by atoms with Crippen LogP contribution in [0.25, 0.3) is 0 Å². The molecule has 3 aromatic rings. The summed E-state index contributed by atoms with van der Waals surface area (Å²) in [7, 11) is -3.40. The van der Waals surface area contributed by atoms with E-state index in [1.807, 2.05) is 0 Å². The lowest BCUT2D eigenvalue weighted by Gasteiger charge is -2.19. The van der Waals surface area contributed by atoms with E-state index in [0.29, 0.717) is 29.1 Å². The second-order valence-electron chi connectivity index (χ2n) is 7.19. The van der Waals surface area contributed by atoms with Crippen molar-refractivity contribution in [1.82, 2.24) is 5.01 Å². The Balaban J connectivity index is 1.67. The second kappa shape index (κ2) is 8.27. The van der Waals surface area contributed by atoms with Crippen LogP contribution in [-0.4, -0.2) is 36.2 Å². The van der Waals surface area contributed by atoms with Crippen LogP contribution in [0.2, 0.25) is 0 Å². The second-order valence-corrected chi connectivity index (χ2v) is 8.94. The first-order valence-electron chi connectivity index (χ1n) is 9.48. The molecule has 1 unspecified atom stereocenters. The minimum absolute atomic E-state index is 0.133. The predicted octanol–water partition coefficient (Wildman–Crippen LogP) is 3.55. The van der Waals surface area contributed by atoms with E-state index >= 15 is 0 Å². The number of sulfonamides is 1. The van der Waals surface area contributed by atoms with Crippen molar-refractivity contribution in [3.63, 3.8) is 0 Å². The molecule has 1 aliphatic heterocycles. The molecule has 164 valence electrons. The van der Waals surface area contributed by atoms with E-state index in [9.17, 15) is 23.3 Å². The third-order valence-corrected chi connectivity index (χ3v) is 5.42. The summed E-state index contributed by atoms with van der Waals surface area (Å²) in [5.74, 6) is 0.0263. The van der Waals surface area contributed by atoms with Crippen LogP contribution < -0.4 is 4.72 Å². The van der Waals surface area contributed by atoms with Gasteiger partial charge in [-0.15, -0.1) is 0 Å². The number of nitrogens with zero attached hydrogens (tertiary/aromatic N) is 3. The van der Waals surface area contributed by atoms with Crippen molar-refractivity contribution in [2.45, 2.75) is 12.5 Å². The first-order valence-corrected chi connectivity index (χ1v) is 11.4. The lowest BCUT2D eigenvalue weighted by Crippen LogP contribution is -2.26. The molecule has 2 aromatic carbocycles. The van der Waals surface area contributed by atoms with E-state index in [0.717, 1.165) is 6.26 Å². The van der Waals surface area contributed by atoms with E-state index < -0.39 is 26.9 Å². The predicted molar refractivity (Wildman–Crippen MR) is 117 cm³/mol. The van der Waals surface area contributed by atoms with E-state index in [1.54, 1.807) is 36.4 Å². The molecule has 1 atom stereocenters. The molecule has 2 heterocycles. The lowest BCUT2D eigenvalue weighted by atomic mass is 10.0. The van der Waals surface area contributed by atoms with E-state index in [1.165, 1.54) is 35.5 Å². The monoisotopic (exact) mass is 454 g/mol. The number of carbonyl (C=O) groups is 1. The Kier molecular flexibility index (Phi) is 5.49. The van der Waals surface area contributed by atoms with Gasteiger partial charge in [-0.1, -0.05) is 18.2 Å². The van der Waals surface area contributed by atoms with Crippen molar-refractivity contribution in [3.05, 3.63) is 93.9 Å². The van der Waals surface area contributed by atoms with Gasteiger partial charge in [-0.05, 0) is 35.9 Å². The summed E-state index contributed by atoms with van der Waals surface area (Å²) in [5.41, 5.74) is 1.64. The summed E-state index contributed by atoms with van der Waals surface area (Å²) in [6.07, 6.45) is 2.91. The summed E-state index contributed by atoms with van der Waals surface area (Å²) >= 11 is 0. The highest BCUT2D eigenvalue weighted by atomic mass is 32.2. The van der Waals surface area contributed by atoms with Crippen molar-refractivity contribution in [2.75, 3.05) is 11.0 Å². The number of furan rings is 1. The average Bonchev–Trinajstić information content (AvgIpc) is 3.42. The Hall–Kier alpha value is -3.99. The Morgan fingerprint density at radius 3 is 2.56 bits per heavy atom. The number of hydrogen-bond acceptors (Lipinski definition) is 7. The minimum Gasteiger partial charge on any atom is -0.467 e. The van der Waals surface area contributed by atoms with E-state index in [-0.39, 0.29) is 11.3 Å². The Morgan fingerprint density at radius 1 is 1.19 bits per heavy atom. The molecule has 0 bridgehead atoms. The molecular weight excluding hydrogens is 436 g/mol. The zero-order valence-corrected chi connectivity index (χ0v) is 17.7. The zero-order valence-electron chi connectivity index (χ0n) is 16.8. The molecule has 0 spiro atoms. The van der Waals surface area contributed by atoms with Crippen LogP contribution in [0.15, 0.2) is 76.4 Å². The first-order chi connectivity index (χ1) is 15.2. The molecule has 11 heteroatoms. The van der Waals surface area contributed by atoms with Crippen molar-refractivity contribution < 1.29 is 22.6 Å². The Bertz CT molecular complexity index is 1300. The van der Waals surface area contributed by atoms with Crippen molar-refractivity contribution in [2.24, 2.45) is 5.10 Å². The Labute approximate surface area is 183 Å². The lowest BCUT2D eigenvalue weighted by molar-refractivity contribution is -0.384. The van der Waals surface area contributed by atoms with Crippen molar-refractivity contribution >= 4 is 33.0 Å². The van der Waals surface area contributed by atoms with Crippen LogP contribution in [0.4, 0.5) is 11.4 Å². The normalized spacial score (nSPS) is 16.0. The third-order valence-electron chi connectivity index (χ3n) is 4.82. The largest absolute Gasteiger partial charge is 0.467 e. The fourth-order valence-corrected chi connectivity index (χ4v) is 3.97. The number of hydrogen-bond donors (Lipinski definition) is 1.